The van der Waals surface area contributed by atoms with Crippen LogP contribution in [0.4, 0.5) is 0 Å². The van der Waals surface area contributed by atoms with Gasteiger partial charge in [-0.15, -0.1) is 0 Å². The number of amides is 3. The molecule has 138 valence electrons. The predicted octanol–water partition coefficient (Wildman–Crippen LogP) is -0.226. The molecule has 2 heterocycles. The molecule has 0 saturated carbocycles. The standard InChI is InChI=1S/C17H26N4O4/c1-2-21-9-3-4-14(21)17(25)19-11-13(22)10-18-15(23)7-5-12-6-8-16(24)20-12/h3-4,9,12-13,22H,2,5-8,10-11H2,1H3,(H,18,23)(H,19,25)(H,20,24). The van der Waals surface area contributed by atoms with E-state index in [1.54, 1.807) is 12.1 Å². The summed E-state index contributed by atoms with van der Waals surface area (Å²) in [5, 5.41) is 18.0. The van der Waals surface area contributed by atoms with Crippen molar-refractivity contribution in [2.24, 2.45) is 0 Å². The SMILES string of the molecule is CCn1cccc1C(=O)NCC(O)CNC(=O)CCC1CCC(=O)N1. The number of hydrogen-bond acceptors (Lipinski definition) is 4. The van der Waals surface area contributed by atoms with Crippen molar-refractivity contribution in [1.29, 1.82) is 0 Å². The number of hydrogen-bond donors (Lipinski definition) is 4. The molecule has 0 radical (unpaired) electrons. The van der Waals surface area contributed by atoms with Crippen molar-refractivity contribution >= 4 is 17.7 Å². The lowest BCUT2D eigenvalue weighted by molar-refractivity contribution is -0.122. The Balaban J connectivity index is 1.61. The zero-order valence-corrected chi connectivity index (χ0v) is 14.5. The molecule has 0 spiro atoms. The van der Waals surface area contributed by atoms with Crippen LogP contribution in [0.25, 0.3) is 0 Å². The van der Waals surface area contributed by atoms with Gasteiger partial charge in [0.25, 0.3) is 5.91 Å². The monoisotopic (exact) mass is 350 g/mol. The first kappa shape index (κ1) is 19.0. The van der Waals surface area contributed by atoms with E-state index in [4.69, 9.17) is 0 Å². The Morgan fingerprint density at radius 1 is 1.40 bits per heavy atom. The molecule has 0 aliphatic carbocycles. The number of carbonyl (C=O) groups is 3. The summed E-state index contributed by atoms with van der Waals surface area (Å²) in [6.07, 6.45) is 3.14. The van der Waals surface area contributed by atoms with Gasteiger partial charge in [0.05, 0.1) is 6.10 Å². The molecule has 1 aliphatic rings. The van der Waals surface area contributed by atoms with Gasteiger partial charge in [-0.2, -0.15) is 0 Å². The van der Waals surface area contributed by atoms with Gasteiger partial charge in [-0.25, -0.2) is 0 Å². The van der Waals surface area contributed by atoms with Crippen molar-refractivity contribution in [1.82, 2.24) is 20.5 Å². The van der Waals surface area contributed by atoms with Crippen LogP contribution in [0.15, 0.2) is 18.3 Å². The summed E-state index contributed by atoms with van der Waals surface area (Å²) in [5.74, 6) is -0.397. The molecular formula is C17H26N4O4. The van der Waals surface area contributed by atoms with E-state index in [1.807, 2.05) is 17.7 Å². The summed E-state index contributed by atoms with van der Waals surface area (Å²) < 4.78 is 1.81. The highest BCUT2D eigenvalue weighted by Gasteiger charge is 2.21. The average molecular weight is 350 g/mol. The molecule has 25 heavy (non-hydrogen) atoms. The molecule has 1 fully saturated rings. The number of aryl methyl sites for hydroxylation is 1. The normalized spacial score (nSPS) is 17.8. The first-order chi connectivity index (χ1) is 12.0. The highest BCUT2D eigenvalue weighted by Crippen LogP contribution is 2.11. The van der Waals surface area contributed by atoms with Crippen molar-refractivity contribution in [2.75, 3.05) is 13.1 Å². The number of rotatable bonds is 9. The molecule has 0 aromatic carbocycles. The van der Waals surface area contributed by atoms with Crippen molar-refractivity contribution in [3.63, 3.8) is 0 Å². The molecule has 1 aromatic rings. The second-order valence-corrected chi connectivity index (χ2v) is 6.19. The first-order valence-corrected chi connectivity index (χ1v) is 8.67. The van der Waals surface area contributed by atoms with Gasteiger partial charge in [0, 0.05) is 44.7 Å². The molecule has 4 N–H and O–H groups in total. The highest BCUT2D eigenvalue weighted by molar-refractivity contribution is 5.92. The minimum atomic E-state index is -0.857. The predicted molar refractivity (Wildman–Crippen MR) is 91.9 cm³/mol. The molecule has 3 amide bonds. The second-order valence-electron chi connectivity index (χ2n) is 6.19. The van der Waals surface area contributed by atoms with E-state index in [2.05, 4.69) is 16.0 Å². The van der Waals surface area contributed by atoms with Gasteiger partial charge in [-0.05, 0) is 31.9 Å². The summed E-state index contributed by atoms with van der Waals surface area (Å²) in [7, 11) is 0. The van der Waals surface area contributed by atoms with E-state index >= 15 is 0 Å². The van der Waals surface area contributed by atoms with Gasteiger partial charge in [0.15, 0.2) is 0 Å². The number of aliphatic hydroxyl groups excluding tert-OH is 1. The van der Waals surface area contributed by atoms with E-state index in [0.717, 1.165) is 6.42 Å². The van der Waals surface area contributed by atoms with Gasteiger partial charge in [0.1, 0.15) is 5.69 Å². The van der Waals surface area contributed by atoms with Gasteiger partial charge in [-0.1, -0.05) is 0 Å². The van der Waals surface area contributed by atoms with E-state index in [0.29, 0.717) is 31.5 Å². The third kappa shape index (κ3) is 5.90. The maximum Gasteiger partial charge on any atom is 0.267 e. The molecule has 0 bridgehead atoms. The van der Waals surface area contributed by atoms with Gasteiger partial charge >= 0.3 is 0 Å². The van der Waals surface area contributed by atoms with E-state index < -0.39 is 6.10 Å². The third-order valence-corrected chi connectivity index (χ3v) is 4.24. The van der Waals surface area contributed by atoms with Crippen molar-refractivity contribution < 1.29 is 19.5 Å². The quantitative estimate of drug-likeness (QED) is 0.493. The van der Waals surface area contributed by atoms with Crippen LogP contribution in [0, 0.1) is 0 Å². The van der Waals surface area contributed by atoms with Gasteiger partial charge in [0.2, 0.25) is 11.8 Å². The Bertz CT molecular complexity index is 614. The van der Waals surface area contributed by atoms with Crippen LogP contribution in [-0.2, 0) is 16.1 Å². The van der Waals surface area contributed by atoms with E-state index in [1.165, 1.54) is 0 Å². The van der Waals surface area contributed by atoms with Gasteiger partial charge in [-0.3, -0.25) is 14.4 Å². The smallest absolute Gasteiger partial charge is 0.267 e. The molecule has 8 nitrogen and oxygen atoms in total. The number of aliphatic hydroxyl groups is 1. The van der Waals surface area contributed by atoms with E-state index in [-0.39, 0.29) is 36.9 Å². The Labute approximate surface area is 147 Å². The van der Waals surface area contributed by atoms with Gasteiger partial charge < -0.3 is 25.6 Å². The lowest BCUT2D eigenvalue weighted by Crippen LogP contribution is -2.40. The van der Waals surface area contributed by atoms with Crippen LogP contribution in [0.3, 0.4) is 0 Å². The van der Waals surface area contributed by atoms with Crippen LogP contribution >= 0.6 is 0 Å². The minimum Gasteiger partial charge on any atom is -0.389 e. The maximum absolute atomic E-state index is 12.0. The Morgan fingerprint density at radius 2 is 2.16 bits per heavy atom. The minimum absolute atomic E-state index is 0.0331. The number of carbonyl (C=O) groups excluding carboxylic acids is 3. The summed E-state index contributed by atoms with van der Waals surface area (Å²) in [5.41, 5.74) is 0.539. The number of aromatic nitrogens is 1. The van der Waals surface area contributed by atoms with Crippen LogP contribution < -0.4 is 16.0 Å². The molecule has 2 unspecified atom stereocenters. The highest BCUT2D eigenvalue weighted by atomic mass is 16.3. The fourth-order valence-corrected chi connectivity index (χ4v) is 2.79. The van der Waals surface area contributed by atoms with E-state index in [9.17, 15) is 19.5 Å². The summed E-state index contributed by atoms with van der Waals surface area (Å²) in [6, 6.07) is 3.58. The molecule has 2 rings (SSSR count). The van der Waals surface area contributed by atoms with Crippen LogP contribution in [0.1, 0.15) is 43.1 Å². The van der Waals surface area contributed by atoms with Crippen LogP contribution in [-0.4, -0.2) is 52.6 Å². The fourth-order valence-electron chi connectivity index (χ4n) is 2.79. The molecule has 1 aliphatic heterocycles. The largest absolute Gasteiger partial charge is 0.389 e. The average Bonchev–Trinajstić information content (AvgIpc) is 3.24. The van der Waals surface area contributed by atoms with Crippen molar-refractivity contribution in [3.05, 3.63) is 24.0 Å². The fraction of sp³-hybridized carbons (Fsp3) is 0.588. The number of nitrogens with zero attached hydrogens (tertiary/aromatic N) is 1. The topological polar surface area (TPSA) is 112 Å². The molecular weight excluding hydrogens is 324 g/mol. The summed E-state index contributed by atoms with van der Waals surface area (Å²) in [6.45, 7) is 2.77. The molecule has 2 atom stereocenters. The number of nitrogens with one attached hydrogen (secondary N) is 3. The van der Waals surface area contributed by atoms with Crippen molar-refractivity contribution in [2.45, 2.75) is 51.3 Å². The summed E-state index contributed by atoms with van der Waals surface area (Å²) in [4.78, 5) is 34.9. The summed E-state index contributed by atoms with van der Waals surface area (Å²) >= 11 is 0. The Kier molecular flexibility index (Phi) is 7.00. The molecule has 1 saturated heterocycles. The molecule has 1 aromatic heterocycles. The molecule has 8 heteroatoms. The van der Waals surface area contributed by atoms with Crippen molar-refractivity contribution in [3.8, 4) is 0 Å². The third-order valence-electron chi connectivity index (χ3n) is 4.24. The van der Waals surface area contributed by atoms with Crippen LogP contribution in [0.5, 0.6) is 0 Å². The Morgan fingerprint density at radius 3 is 2.84 bits per heavy atom. The first-order valence-electron chi connectivity index (χ1n) is 8.67. The Hall–Kier alpha value is -2.35. The lowest BCUT2D eigenvalue weighted by atomic mass is 10.1. The second kappa shape index (κ2) is 9.22. The zero-order chi connectivity index (χ0) is 18.2. The lowest BCUT2D eigenvalue weighted by Gasteiger charge is -2.14. The zero-order valence-electron chi connectivity index (χ0n) is 14.5. The van der Waals surface area contributed by atoms with Crippen LogP contribution in [0.2, 0.25) is 0 Å². The maximum atomic E-state index is 12.0.